The number of fused-ring (bicyclic) bond motifs is 1. The molecule has 3 unspecified atom stereocenters. The van der Waals surface area contributed by atoms with E-state index in [2.05, 4.69) is 0 Å². The number of nitrogens with zero attached hydrogens (tertiary/aromatic N) is 1. The number of likely N-dealkylation sites (tertiary alicyclic amines) is 1. The number of hydrogen-bond donors (Lipinski definition) is 1. The molecule has 1 aliphatic carbocycles. The zero-order chi connectivity index (χ0) is 11.9. The maximum absolute atomic E-state index is 11.7. The summed E-state index contributed by atoms with van der Waals surface area (Å²) >= 11 is 0. The van der Waals surface area contributed by atoms with Crippen molar-refractivity contribution in [2.45, 2.75) is 18.9 Å². The summed E-state index contributed by atoms with van der Waals surface area (Å²) in [6.45, 7) is 0.212. The molecule has 88 valence electrons. The van der Waals surface area contributed by atoms with Gasteiger partial charge in [-0.15, -0.1) is 0 Å². The van der Waals surface area contributed by atoms with Crippen LogP contribution in [0.15, 0.2) is 0 Å². The molecule has 1 saturated heterocycles. The van der Waals surface area contributed by atoms with Crippen LogP contribution < -0.4 is 0 Å². The molecular weight excluding hydrogens is 214 g/mol. The average molecular weight is 227 g/mol. The van der Waals surface area contributed by atoms with Crippen molar-refractivity contribution >= 4 is 17.8 Å². The van der Waals surface area contributed by atoms with Crippen LogP contribution in [0.1, 0.15) is 12.8 Å². The smallest absolute Gasteiger partial charge is 0.327 e. The predicted octanol–water partition coefficient (Wildman–Crippen LogP) is -0.519. The van der Waals surface area contributed by atoms with Crippen LogP contribution in [-0.4, -0.2) is 47.5 Å². The normalized spacial score (nSPS) is 29.2. The number of amides is 2. The van der Waals surface area contributed by atoms with Crippen LogP contribution in [-0.2, 0) is 19.1 Å². The van der Waals surface area contributed by atoms with E-state index in [1.807, 2.05) is 0 Å². The third kappa shape index (κ3) is 1.59. The van der Waals surface area contributed by atoms with E-state index >= 15 is 0 Å². The number of ether oxygens (including phenoxy) is 1. The minimum absolute atomic E-state index is 0.142. The summed E-state index contributed by atoms with van der Waals surface area (Å²) in [7, 11) is 1.45. The second-order valence-electron chi connectivity index (χ2n) is 4.13. The lowest BCUT2D eigenvalue weighted by molar-refractivity contribution is -0.156. The molecule has 3 atom stereocenters. The number of piperidine rings is 1. The van der Waals surface area contributed by atoms with Crippen LogP contribution in [0, 0.1) is 11.8 Å². The molecule has 6 nitrogen and oxygen atoms in total. The average Bonchev–Trinajstić information content (AvgIpc) is 2.97. The Kier molecular flexibility index (Phi) is 2.67. The third-order valence-electron chi connectivity index (χ3n) is 3.09. The van der Waals surface area contributed by atoms with Crippen molar-refractivity contribution in [2.24, 2.45) is 11.8 Å². The molecule has 0 bridgehead atoms. The number of carbonyl (C=O) groups excluding carboxylic acids is 2. The summed E-state index contributed by atoms with van der Waals surface area (Å²) in [6, 6.07) is -1.08. The highest BCUT2D eigenvalue weighted by molar-refractivity contribution is 6.11. The Balaban J connectivity index is 2.11. The zero-order valence-corrected chi connectivity index (χ0v) is 8.88. The molecule has 16 heavy (non-hydrogen) atoms. The number of methoxy groups -OCH3 is 1. The first-order valence-corrected chi connectivity index (χ1v) is 5.16. The van der Waals surface area contributed by atoms with Gasteiger partial charge in [-0.25, -0.2) is 4.79 Å². The molecule has 1 heterocycles. The number of carbonyl (C=O) groups is 3. The fourth-order valence-corrected chi connectivity index (χ4v) is 2.11. The van der Waals surface area contributed by atoms with Gasteiger partial charge in [-0.1, -0.05) is 0 Å². The molecule has 1 aliphatic heterocycles. The first kappa shape index (κ1) is 11.1. The summed E-state index contributed by atoms with van der Waals surface area (Å²) in [6.07, 6.45) is 0.730. The zero-order valence-electron chi connectivity index (χ0n) is 8.88. The van der Waals surface area contributed by atoms with Gasteiger partial charge in [0.15, 0.2) is 0 Å². The van der Waals surface area contributed by atoms with Gasteiger partial charge in [0.05, 0.1) is 11.8 Å². The van der Waals surface area contributed by atoms with Gasteiger partial charge in [-0.2, -0.15) is 0 Å². The Morgan fingerprint density at radius 3 is 2.50 bits per heavy atom. The van der Waals surface area contributed by atoms with Crippen molar-refractivity contribution in [3.8, 4) is 0 Å². The molecule has 2 fully saturated rings. The van der Waals surface area contributed by atoms with Crippen LogP contribution in [0.5, 0.6) is 0 Å². The Labute approximate surface area is 92.2 Å². The number of rotatable bonds is 5. The van der Waals surface area contributed by atoms with E-state index < -0.39 is 12.0 Å². The maximum Gasteiger partial charge on any atom is 0.327 e. The predicted molar refractivity (Wildman–Crippen MR) is 51.4 cm³/mol. The van der Waals surface area contributed by atoms with E-state index in [9.17, 15) is 14.4 Å². The second-order valence-corrected chi connectivity index (χ2v) is 4.13. The number of aliphatic carboxylic acids is 1. The van der Waals surface area contributed by atoms with Gasteiger partial charge in [0.2, 0.25) is 11.8 Å². The Morgan fingerprint density at radius 1 is 1.50 bits per heavy atom. The van der Waals surface area contributed by atoms with Gasteiger partial charge in [0.1, 0.15) is 6.04 Å². The molecule has 2 amide bonds. The minimum Gasteiger partial charge on any atom is -0.480 e. The highest BCUT2D eigenvalue weighted by atomic mass is 16.5. The largest absolute Gasteiger partial charge is 0.480 e. The lowest BCUT2D eigenvalue weighted by atomic mass is 10.1. The van der Waals surface area contributed by atoms with Crippen molar-refractivity contribution in [2.75, 3.05) is 13.7 Å². The Bertz CT molecular complexity index is 333. The first-order chi connectivity index (χ1) is 7.57. The van der Waals surface area contributed by atoms with Crippen LogP contribution in [0.3, 0.4) is 0 Å². The van der Waals surface area contributed by atoms with Crippen molar-refractivity contribution in [1.29, 1.82) is 0 Å². The van der Waals surface area contributed by atoms with Crippen LogP contribution in [0.2, 0.25) is 0 Å². The SMILES string of the molecule is COCCC(C(=O)O)N1C(=O)C2CC2C1=O. The molecule has 2 aliphatic rings. The molecule has 2 rings (SSSR count). The Morgan fingerprint density at radius 2 is 2.06 bits per heavy atom. The lowest BCUT2D eigenvalue weighted by Gasteiger charge is -2.23. The molecule has 1 saturated carbocycles. The van der Waals surface area contributed by atoms with Crippen molar-refractivity contribution in [1.82, 2.24) is 4.90 Å². The van der Waals surface area contributed by atoms with E-state index in [0.29, 0.717) is 6.42 Å². The minimum atomic E-state index is -1.15. The van der Waals surface area contributed by atoms with E-state index in [4.69, 9.17) is 9.84 Å². The Hall–Kier alpha value is -1.43. The van der Waals surface area contributed by atoms with E-state index in [-0.39, 0.29) is 36.7 Å². The molecule has 0 aromatic heterocycles. The standard InChI is InChI=1S/C10H13NO5/c1-16-3-2-7(10(14)15)11-8(12)5-4-6(5)9(11)13/h5-7H,2-4H2,1H3,(H,14,15). The van der Waals surface area contributed by atoms with Crippen molar-refractivity contribution < 1.29 is 24.2 Å². The fraction of sp³-hybridized carbons (Fsp3) is 0.700. The van der Waals surface area contributed by atoms with Crippen LogP contribution in [0.25, 0.3) is 0 Å². The number of carboxylic acid groups (broad SMARTS) is 1. The van der Waals surface area contributed by atoms with Gasteiger partial charge < -0.3 is 9.84 Å². The number of imide groups is 1. The number of hydrogen-bond acceptors (Lipinski definition) is 4. The second kappa shape index (κ2) is 3.86. The van der Waals surface area contributed by atoms with Gasteiger partial charge >= 0.3 is 5.97 Å². The van der Waals surface area contributed by atoms with E-state index in [1.54, 1.807) is 0 Å². The fourth-order valence-electron chi connectivity index (χ4n) is 2.11. The highest BCUT2D eigenvalue weighted by Crippen LogP contribution is 2.47. The van der Waals surface area contributed by atoms with Crippen molar-refractivity contribution in [3.05, 3.63) is 0 Å². The van der Waals surface area contributed by atoms with Gasteiger partial charge in [-0.05, 0) is 6.42 Å². The molecular formula is C10H13NO5. The van der Waals surface area contributed by atoms with E-state index in [0.717, 1.165) is 4.90 Å². The first-order valence-electron chi connectivity index (χ1n) is 5.16. The number of carboxylic acids is 1. The van der Waals surface area contributed by atoms with Crippen LogP contribution >= 0.6 is 0 Å². The van der Waals surface area contributed by atoms with Gasteiger partial charge in [-0.3, -0.25) is 14.5 Å². The molecule has 6 heteroatoms. The summed E-state index contributed by atoms with van der Waals surface area (Å²) in [5.41, 5.74) is 0. The van der Waals surface area contributed by atoms with Crippen LogP contribution in [0.4, 0.5) is 0 Å². The quantitative estimate of drug-likeness (QED) is 0.639. The molecule has 0 aromatic carbocycles. The molecule has 0 radical (unpaired) electrons. The van der Waals surface area contributed by atoms with Gasteiger partial charge in [0.25, 0.3) is 0 Å². The lowest BCUT2D eigenvalue weighted by Crippen LogP contribution is -2.47. The van der Waals surface area contributed by atoms with Gasteiger partial charge in [0, 0.05) is 20.1 Å². The highest BCUT2D eigenvalue weighted by Gasteiger charge is 2.61. The molecule has 0 spiro atoms. The van der Waals surface area contributed by atoms with Crippen molar-refractivity contribution in [3.63, 3.8) is 0 Å². The monoisotopic (exact) mass is 227 g/mol. The summed E-state index contributed by atoms with van der Waals surface area (Å²) < 4.78 is 4.78. The third-order valence-corrected chi connectivity index (χ3v) is 3.09. The maximum atomic E-state index is 11.7. The van der Waals surface area contributed by atoms with E-state index in [1.165, 1.54) is 7.11 Å². The topological polar surface area (TPSA) is 83.9 Å². The molecule has 1 N–H and O–H groups in total. The molecule has 0 aromatic rings. The summed E-state index contributed by atoms with van der Waals surface area (Å²) in [5.74, 6) is -2.33. The summed E-state index contributed by atoms with van der Waals surface area (Å²) in [4.78, 5) is 35.2. The summed E-state index contributed by atoms with van der Waals surface area (Å²) in [5, 5.41) is 9.00.